The lowest BCUT2D eigenvalue weighted by Crippen LogP contribution is -2.15. The molecule has 1 aromatic heterocycles. The van der Waals surface area contributed by atoms with Gasteiger partial charge >= 0.3 is 0 Å². The zero-order chi connectivity index (χ0) is 23.8. The molecule has 0 saturated heterocycles. The minimum Gasteiger partial charge on any atom is -0.486 e. The first-order valence-corrected chi connectivity index (χ1v) is 12.1. The molecule has 0 atom stereocenters. The molecular weight excluding hydrogens is 432 g/mol. The van der Waals surface area contributed by atoms with Gasteiger partial charge in [-0.15, -0.1) is 16.8 Å². The van der Waals surface area contributed by atoms with Gasteiger partial charge in [0.05, 0.1) is 5.75 Å². The van der Waals surface area contributed by atoms with Crippen LogP contribution in [0.2, 0.25) is 0 Å². The first kappa shape index (κ1) is 24.6. The number of nitrogens with one attached hydrogen (secondary N) is 1. The number of benzene rings is 2. The first-order valence-electron chi connectivity index (χ1n) is 11.1. The van der Waals surface area contributed by atoms with Crippen molar-refractivity contribution in [1.82, 2.24) is 14.8 Å². The van der Waals surface area contributed by atoms with Crippen LogP contribution in [0.25, 0.3) is 0 Å². The number of aryl methyl sites for hydroxylation is 1. The van der Waals surface area contributed by atoms with Gasteiger partial charge in [0, 0.05) is 12.2 Å². The third-order valence-corrected chi connectivity index (χ3v) is 6.14. The van der Waals surface area contributed by atoms with Crippen LogP contribution in [0.5, 0.6) is 5.75 Å². The van der Waals surface area contributed by atoms with E-state index in [9.17, 15) is 4.79 Å². The highest BCUT2D eigenvalue weighted by molar-refractivity contribution is 7.99. The Bertz CT molecular complexity index is 1070. The summed E-state index contributed by atoms with van der Waals surface area (Å²) in [6.45, 7) is 13.3. The van der Waals surface area contributed by atoms with Gasteiger partial charge in [-0.3, -0.25) is 9.36 Å². The first-order chi connectivity index (χ1) is 15.8. The number of ether oxygens (including phenoxy) is 1. The topological polar surface area (TPSA) is 69.0 Å². The number of rotatable bonds is 10. The minimum absolute atomic E-state index is 0.0888. The predicted molar refractivity (Wildman–Crippen MR) is 135 cm³/mol. The Morgan fingerprint density at radius 1 is 1.12 bits per heavy atom. The summed E-state index contributed by atoms with van der Waals surface area (Å²) in [6.07, 6.45) is 2.75. The average Bonchev–Trinajstić information content (AvgIpc) is 3.18. The monoisotopic (exact) mass is 464 g/mol. The van der Waals surface area contributed by atoms with Gasteiger partial charge in [0.2, 0.25) is 5.91 Å². The molecule has 1 heterocycles. The lowest BCUT2D eigenvalue weighted by Gasteiger charge is -2.19. The van der Waals surface area contributed by atoms with Gasteiger partial charge in [0.25, 0.3) is 0 Å². The number of allylic oxidation sites excluding steroid dienone is 1. The van der Waals surface area contributed by atoms with Crippen molar-refractivity contribution in [3.63, 3.8) is 0 Å². The second-order valence-corrected chi connectivity index (χ2v) is 9.69. The molecule has 174 valence electrons. The maximum atomic E-state index is 12.4. The van der Waals surface area contributed by atoms with Crippen LogP contribution in [0.1, 0.15) is 44.6 Å². The van der Waals surface area contributed by atoms with E-state index in [1.165, 1.54) is 22.9 Å². The summed E-state index contributed by atoms with van der Waals surface area (Å²) in [5.74, 6) is 1.61. The van der Waals surface area contributed by atoms with Gasteiger partial charge < -0.3 is 10.1 Å². The van der Waals surface area contributed by atoms with Gasteiger partial charge in [-0.1, -0.05) is 69.8 Å². The lowest BCUT2D eigenvalue weighted by atomic mass is 9.87. The quantitative estimate of drug-likeness (QED) is 0.311. The second kappa shape index (κ2) is 11.2. The molecule has 0 aliphatic rings. The number of hydrogen-bond donors (Lipinski definition) is 1. The van der Waals surface area contributed by atoms with Crippen molar-refractivity contribution in [3.8, 4) is 5.75 Å². The Labute approximate surface area is 200 Å². The van der Waals surface area contributed by atoms with Gasteiger partial charge in [-0.25, -0.2) is 0 Å². The molecule has 7 heteroatoms. The average molecular weight is 465 g/mol. The van der Waals surface area contributed by atoms with Crippen LogP contribution < -0.4 is 10.1 Å². The summed E-state index contributed by atoms with van der Waals surface area (Å²) in [7, 11) is 0. The molecule has 3 aromatic rings. The smallest absolute Gasteiger partial charge is 0.234 e. The van der Waals surface area contributed by atoms with Crippen LogP contribution in [0.3, 0.4) is 0 Å². The van der Waals surface area contributed by atoms with E-state index >= 15 is 0 Å². The zero-order valence-electron chi connectivity index (χ0n) is 19.8. The van der Waals surface area contributed by atoms with E-state index in [2.05, 4.69) is 61.9 Å². The van der Waals surface area contributed by atoms with Crippen molar-refractivity contribution < 1.29 is 9.53 Å². The molecule has 1 N–H and O–H groups in total. The lowest BCUT2D eigenvalue weighted by molar-refractivity contribution is -0.113. The fraction of sp³-hybridized carbons (Fsp3) is 0.346. The normalized spacial score (nSPS) is 11.3. The number of thioether (sulfide) groups is 1. The molecule has 3 rings (SSSR count). The third-order valence-electron chi connectivity index (χ3n) is 5.17. The molecule has 1 amide bonds. The highest BCUT2D eigenvalue weighted by atomic mass is 32.2. The Balaban J connectivity index is 1.59. The summed E-state index contributed by atoms with van der Waals surface area (Å²) in [5, 5.41) is 12.1. The SMILES string of the molecule is C=CCn1c(COc2ccc(C(C)(C)C)cc2)nnc1SCC(=O)Nc1ccc(CC)cc1. The third kappa shape index (κ3) is 6.96. The molecule has 0 aliphatic carbocycles. The van der Waals surface area contributed by atoms with Crippen molar-refractivity contribution >= 4 is 23.4 Å². The largest absolute Gasteiger partial charge is 0.486 e. The van der Waals surface area contributed by atoms with Crippen molar-refractivity contribution in [1.29, 1.82) is 0 Å². The zero-order valence-corrected chi connectivity index (χ0v) is 20.6. The van der Waals surface area contributed by atoms with Crippen LogP contribution in [0.4, 0.5) is 5.69 Å². The minimum atomic E-state index is -0.0888. The van der Waals surface area contributed by atoms with E-state index in [0.29, 0.717) is 17.5 Å². The molecule has 0 saturated carbocycles. The van der Waals surface area contributed by atoms with Crippen LogP contribution in [0.15, 0.2) is 66.3 Å². The Morgan fingerprint density at radius 3 is 2.42 bits per heavy atom. The fourth-order valence-corrected chi connectivity index (χ4v) is 3.96. The van der Waals surface area contributed by atoms with E-state index in [1.54, 1.807) is 6.08 Å². The van der Waals surface area contributed by atoms with Gasteiger partial charge in [-0.05, 0) is 47.2 Å². The molecule has 0 fully saturated rings. The number of aromatic nitrogens is 3. The standard InChI is InChI=1S/C26H32N4O2S/c1-6-16-30-23(17-32-22-14-10-20(11-15-22)26(3,4)5)28-29-25(30)33-18-24(31)27-21-12-8-19(7-2)9-13-21/h6,8-15H,1,7,16-18H2,2-5H3,(H,27,31). The number of amides is 1. The summed E-state index contributed by atoms with van der Waals surface area (Å²) in [4.78, 5) is 12.4. The molecule has 0 spiro atoms. The number of hydrogen-bond acceptors (Lipinski definition) is 5. The summed E-state index contributed by atoms with van der Waals surface area (Å²) in [6, 6.07) is 16.0. The second-order valence-electron chi connectivity index (χ2n) is 8.75. The van der Waals surface area contributed by atoms with E-state index in [4.69, 9.17) is 4.74 Å². The van der Waals surface area contributed by atoms with Crippen LogP contribution in [-0.2, 0) is 29.8 Å². The number of carbonyl (C=O) groups excluding carboxylic acids is 1. The Morgan fingerprint density at radius 2 is 1.82 bits per heavy atom. The van der Waals surface area contributed by atoms with Crippen LogP contribution >= 0.6 is 11.8 Å². The molecule has 0 bridgehead atoms. The summed E-state index contributed by atoms with van der Waals surface area (Å²) < 4.78 is 7.86. The molecule has 0 radical (unpaired) electrons. The van der Waals surface area contributed by atoms with Crippen molar-refractivity contribution in [2.24, 2.45) is 0 Å². The van der Waals surface area contributed by atoms with E-state index < -0.39 is 0 Å². The maximum Gasteiger partial charge on any atom is 0.234 e. The number of nitrogens with zero attached hydrogens (tertiary/aromatic N) is 3. The Kier molecular flexibility index (Phi) is 8.33. The molecule has 0 aliphatic heterocycles. The highest BCUT2D eigenvalue weighted by Gasteiger charge is 2.16. The number of anilines is 1. The van der Waals surface area contributed by atoms with Gasteiger partial charge in [-0.2, -0.15) is 0 Å². The van der Waals surface area contributed by atoms with Crippen molar-refractivity contribution in [3.05, 3.63) is 78.1 Å². The fourth-order valence-electron chi connectivity index (χ4n) is 3.19. The molecule has 6 nitrogen and oxygen atoms in total. The van der Waals surface area contributed by atoms with Gasteiger partial charge in [0.1, 0.15) is 12.4 Å². The predicted octanol–water partition coefficient (Wildman–Crippen LogP) is 5.63. The highest BCUT2D eigenvalue weighted by Crippen LogP contribution is 2.25. The summed E-state index contributed by atoms with van der Waals surface area (Å²) in [5.41, 5.74) is 3.37. The summed E-state index contributed by atoms with van der Waals surface area (Å²) >= 11 is 1.34. The van der Waals surface area contributed by atoms with E-state index in [1.807, 2.05) is 41.0 Å². The van der Waals surface area contributed by atoms with E-state index in [0.717, 1.165) is 17.9 Å². The van der Waals surface area contributed by atoms with Crippen molar-refractivity contribution in [2.75, 3.05) is 11.1 Å². The Hall–Kier alpha value is -3.06. The van der Waals surface area contributed by atoms with Gasteiger partial charge in [0.15, 0.2) is 11.0 Å². The van der Waals surface area contributed by atoms with Crippen LogP contribution in [0, 0.1) is 0 Å². The van der Waals surface area contributed by atoms with Crippen LogP contribution in [-0.4, -0.2) is 26.4 Å². The van der Waals surface area contributed by atoms with E-state index in [-0.39, 0.29) is 23.7 Å². The number of carbonyl (C=O) groups is 1. The molecule has 33 heavy (non-hydrogen) atoms. The molecule has 0 unspecified atom stereocenters. The maximum absolute atomic E-state index is 12.4. The molecular formula is C26H32N4O2S. The van der Waals surface area contributed by atoms with Crippen molar-refractivity contribution in [2.45, 2.75) is 57.8 Å². The molecule has 2 aromatic carbocycles.